The second-order valence-corrected chi connectivity index (χ2v) is 7.60. The van der Waals surface area contributed by atoms with Gasteiger partial charge in [0.25, 0.3) is 5.91 Å². The van der Waals surface area contributed by atoms with Gasteiger partial charge in [-0.05, 0) is 49.9 Å². The van der Waals surface area contributed by atoms with Crippen molar-refractivity contribution >= 4 is 24.0 Å². The molecule has 0 bridgehead atoms. The predicted molar refractivity (Wildman–Crippen MR) is 120 cm³/mol. The minimum atomic E-state index is -0.982. The van der Waals surface area contributed by atoms with Crippen LogP contribution in [-0.4, -0.2) is 28.0 Å². The van der Waals surface area contributed by atoms with Crippen LogP contribution in [0.4, 0.5) is 18.9 Å². The maximum atomic E-state index is 14.3. The standard InChI is InChI=1S/C23H21F3N4O2.ClH/c24-15-2-1-3-16(25)21(15)22-17(26)8-9-18(29-22)23(31)30-19-12-28-11-10-20(19)32-14-6-4-13(27)5-7-14;/h1-3,8-14H,4-7,27H2,(H,30,31);1H/t13-,14-;. The molecule has 0 atom stereocenters. The smallest absolute Gasteiger partial charge is 0.274 e. The first-order chi connectivity index (χ1) is 15.4. The summed E-state index contributed by atoms with van der Waals surface area (Å²) in [5.41, 5.74) is 4.79. The van der Waals surface area contributed by atoms with E-state index in [1.54, 1.807) is 6.07 Å². The van der Waals surface area contributed by atoms with Gasteiger partial charge >= 0.3 is 0 Å². The zero-order valence-electron chi connectivity index (χ0n) is 17.4. The van der Waals surface area contributed by atoms with Gasteiger partial charge in [-0.2, -0.15) is 0 Å². The van der Waals surface area contributed by atoms with Crippen LogP contribution in [0, 0.1) is 17.5 Å². The molecule has 0 unspecified atom stereocenters. The fourth-order valence-electron chi connectivity index (χ4n) is 3.62. The molecular weight excluding hydrogens is 457 g/mol. The van der Waals surface area contributed by atoms with Crippen molar-refractivity contribution in [3.8, 4) is 17.0 Å². The molecule has 1 saturated carbocycles. The van der Waals surface area contributed by atoms with Crippen molar-refractivity contribution < 1.29 is 22.7 Å². The SMILES string of the molecule is Cl.N[C@H]1CC[C@H](Oc2ccncc2NC(=O)c2ccc(F)c(-c3c(F)cccc3F)n2)CC1. The van der Waals surface area contributed by atoms with E-state index >= 15 is 0 Å². The van der Waals surface area contributed by atoms with Crippen molar-refractivity contribution in [2.45, 2.75) is 37.8 Å². The van der Waals surface area contributed by atoms with Crippen LogP contribution < -0.4 is 15.8 Å². The van der Waals surface area contributed by atoms with Crippen molar-refractivity contribution in [1.29, 1.82) is 0 Å². The van der Waals surface area contributed by atoms with Gasteiger partial charge in [0, 0.05) is 18.3 Å². The molecule has 1 amide bonds. The van der Waals surface area contributed by atoms with Crippen LogP contribution in [0.25, 0.3) is 11.3 Å². The Balaban J connectivity index is 0.00000306. The van der Waals surface area contributed by atoms with Gasteiger partial charge in [-0.1, -0.05) is 6.07 Å². The highest BCUT2D eigenvalue weighted by Crippen LogP contribution is 2.30. The molecule has 0 aliphatic heterocycles. The number of hydrogen-bond donors (Lipinski definition) is 2. The number of nitrogens with one attached hydrogen (secondary N) is 1. The summed E-state index contributed by atoms with van der Waals surface area (Å²) in [5, 5.41) is 2.63. The number of ether oxygens (including phenoxy) is 1. The topological polar surface area (TPSA) is 90.1 Å². The average molecular weight is 479 g/mol. The van der Waals surface area contributed by atoms with Crippen molar-refractivity contribution in [3.63, 3.8) is 0 Å². The molecule has 1 fully saturated rings. The van der Waals surface area contributed by atoms with Crippen LogP contribution in [0.5, 0.6) is 5.75 Å². The third-order valence-corrected chi connectivity index (χ3v) is 5.32. The second-order valence-electron chi connectivity index (χ2n) is 7.60. The van der Waals surface area contributed by atoms with Crippen LogP contribution in [0.3, 0.4) is 0 Å². The number of rotatable bonds is 5. The van der Waals surface area contributed by atoms with E-state index in [0.717, 1.165) is 56.0 Å². The molecule has 3 N–H and O–H groups in total. The number of anilines is 1. The first-order valence-electron chi connectivity index (χ1n) is 10.2. The molecule has 2 aromatic heterocycles. The lowest BCUT2D eigenvalue weighted by Gasteiger charge is -2.27. The largest absolute Gasteiger partial charge is 0.488 e. The second kappa shape index (κ2) is 10.6. The number of carbonyl (C=O) groups excluding carboxylic acids is 1. The fraction of sp³-hybridized carbons (Fsp3) is 0.261. The molecule has 4 rings (SSSR count). The zero-order chi connectivity index (χ0) is 22.7. The summed E-state index contributed by atoms with van der Waals surface area (Å²) in [7, 11) is 0. The number of pyridine rings is 2. The summed E-state index contributed by atoms with van der Waals surface area (Å²) < 4.78 is 48.5. The zero-order valence-corrected chi connectivity index (χ0v) is 18.2. The number of hydrogen-bond acceptors (Lipinski definition) is 5. The maximum Gasteiger partial charge on any atom is 0.274 e. The average Bonchev–Trinajstić information content (AvgIpc) is 2.77. The summed E-state index contributed by atoms with van der Waals surface area (Å²) in [6, 6.07) is 7.01. The molecule has 2 heterocycles. The Labute approximate surface area is 194 Å². The molecule has 33 heavy (non-hydrogen) atoms. The summed E-state index contributed by atoms with van der Waals surface area (Å²) in [5.74, 6) is -3.19. The van der Waals surface area contributed by atoms with E-state index in [1.165, 1.54) is 12.4 Å². The minimum Gasteiger partial charge on any atom is -0.488 e. The summed E-state index contributed by atoms with van der Waals surface area (Å²) in [6.07, 6.45) is 6.23. The minimum absolute atomic E-state index is 0. The Kier molecular flexibility index (Phi) is 7.88. The van der Waals surface area contributed by atoms with E-state index in [9.17, 15) is 18.0 Å². The van der Waals surface area contributed by atoms with Gasteiger partial charge in [0.05, 0.1) is 17.9 Å². The van der Waals surface area contributed by atoms with Crippen LogP contribution in [0.15, 0.2) is 48.8 Å². The van der Waals surface area contributed by atoms with E-state index in [1.807, 2.05) is 0 Å². The maximum absolute atomic E-state index is 14.3. The van der Waals surface area contributed by atoms with E-state index in [2.05, 4.69) is 15.3 Å². The summed E-state index contributed by atoms with van der Waals surface area (Å²) in [6.45, 7) is 0. The van der Waals surface area contributed by atoms with Crippen molar-refractivity contribution in [3.05, 3.63) is 71.9 Å². The molecule has 3 aromatic rings. The molecule has 6 nitrogen and oxygen atoms in total. The first-order valence-corrected chi connectivity index (χ1v) is 10.2. The summed E-state index contributed by atoms with van der Waals surface area (Å²) >= 11 is 0. The van der Waals surface area contributed by atoms with Crippen LogP contribution in [0.1, 0.15) is 36.2 Å². The first kappa shape index (κ1) is 24.5. The van der Waals surface area contributed by atoms with Crippen LogP contribution >= 0.6 is 12.4 Å². The molecular formula is C23H22ClF3N4O2. The molecule has 1 aliphatic carbocycles. The van der Waals surface area contributed by atoms with Gasteiger partial charge in [-0.3, -0.25) is 9.78 Å². The van der Waals surface area contributed by atoms with Crippen molar-refractivity contribution in [2.24, 2.45) is 5.73 Å². The van der Waals surface area contributed by atoms with Gasteiger partial charge in [-0.25, -0.2) is 18.2 Å². The highest BCUT2D eigenvalue weighted by atomic mass is 35.5. The van der Waals surface area contributed by atoms with Gasteiger partial charge in [-0.15, -0.1) is 12.4 Å². The molecule has 174 valence electrons. The Morgan fingerprint density at radius 3 is 2.39 bits per heavy atom. The highest BCUT2D eigenvalue weighted by Gasteiger charge is 2.23. The van der Waals surface area contributed by atoms with Gasteiger partial charge in [0.15, 0.2) is 0 Å². The Morgan fingerprint density at radius 2 is 1.70 bits per heavy atom. The van der Waals surface area contributed by atoms with Crippen molar-refractivity contribution in [1.82, 2.24) is 9.97 Å². The number of halogens is 4. The Bertz CT molecular complexity index is 1120. The van der Waals surface area contributed by atoms with E-state index in [4.69, 9.17) is 10.5 Å². The normalized spacial score (nSPS) is 17.7. The third kappa shape index (κ3) is 5.61. The van der Waals surface area contributed by atoms with E-state index in [-0.39, 0.29) is 30.2 Å². The van der Waals surface area contributed by atoms with Crippen molar-refractivity contribution in [2.75, 3.05) is 5.32 Å². The molecule has 1 aromatic carbocycles. The number of nitrogens with two attached hydrogens (primary N) is 1. The number of benzene rings is 1. The molecule has 0 radical (unpaired) electrons. The van der Waals surface area contributed by atoms with Crippen LogP contribution in [0.2, 0.25) is 0 Å². The predicted octanol–water partition coefficient (Wildman–Crippen LogP) is 4.88. The molecule has 10 heteroatoms. The lowest BCUT2D eigenvalue weighted by atomic mass is 9.94. The monoisotopic (exact) mass is 478 g/mol. The summed E-state index contributed by atoms with van der Waals surface area (Å²) in [4.78, 5) is 20.7. The fourth-order valence-corrected chi connectivity index (χ4v) is 3.62. The molecule has 1 aliphatic rings. The van der Waals surface area contributed by atoms with Gasteiger partial charge in [0.2, 0.25) is 0 Å². The number of carbonyl (C=O) groups is 1. The van der Waals surface area contributed by atoms with E-state index < -0.39 is 34.6 Å². The quantitative estimate of drug-likeness (QED) is 0.545. The Morgan fingerprint density at radius 1 is 1.00 bits per heavy atom. The van der Waals surface area contributed by atoms with Gasteiger partial charge < -0.3 is 15.8 Å². The van der Waals surface area contributed by atoms with Crippen LogP contribution in [-0.2, 0) is 0 Å². The number of nitrogens with zero attached hydrogens (tertiary/aromatic N) is 2. The third-order valence-electron chi connectivity index (χ3n) is 5.32. The lowest BCUT2D eigenvalue weighted by Crippen LogP contribution is -2.31. The highest BCUT2D eigenvalue weighted by molar-refractivity contribution is 6.03. The lowest BCUT2D eigenvalue weighted by molar-refractivity contribution is 0.102. The number of aromatic nitrogens is 2. The van der Waals surface area contributed by atoms with Gasteiger partial charge in [0.1, 0.15) is 40.3 Å². The number of amides is 1. The molecule has 0 spiro atoms. The Hall–Kier alpha value is -3.17. The molecule has 0 saturated heterocycles. The van der Waals surface area contributed by atoms with E-state index in [0.29, 0.717) is 11.4 Å².